The lowest BCUT2D eigenvalue weighted by molar-refractivity contribution is -0.147. The fourth-order valence-corrected chi connectivity index (χ4v) is 2.15. The molecule has 0 saturated heterocycles. The molecule has 0 aromatic heterocycles. The van der Waals surface area contributed by atoms with Crippen LogP contribution in [0.25, 0.3) is 0 Å². The SMILES string of the molecule is C=CCS(=O)(=O)C(C)C(=O)NC(CC(=O)O)C(=O)O. The van der Waals surface area contributed by atoms with E-state index in [9.17, 15) is 22.8 Å². The lowest BCUT2D eigenvalue weighted by Crippen LogP contribution is -2.48. The molecule has 0 heterocycles. The highest BCUT2D eigenvalue weighted by Gasteiger charge is 2.31. The Bertz CT molecular complexity index is 482. The number of hydrogen-bond acceptors (Lipinski definition) is 5. The Labute approximate surface area is 110 Å². The van der Waals surface area contributed by atoms with Gasteiger partial charge >= 0.3 is 11.9 Å². The molecule has 108 valence electrons. The quantitative estimate of drug-likeness (QED) is 0.489. The second kappa shape index (κ2) is 6.88. The Morgan fingerprint density at radius 2 is 1.84 bits per heavy atom. The van der Waals surface area contributed by atoms with E-state index in [0.717, 1.165) is 13.0 Å². The molecule has 0 aromatic rings. The lowest BCUT2D eigenvalue weighted by atomic mass is 10.2. The van der Waals surface area contributed by atoms with Gasteiger partial charge in [-0.1, -0.05) is 6.08 Å². The zero-order valence-electron chi connectivity index (χ0n) is 10.2. The van der Waals surface area contributed by atoms with Crippen molar-refractivity contribution in [1.82, 2.24) is 5.32 Å². The van der Waals surface area contributed by atoms with Crippen molar-refractivity contribution in [3.63, 3.8) is 0 Å². The van der Waals surface area contributed by atoms with E-state index in [0.29, 0.717) is 0 Å². The fourth-order valence-electron chi connectivity index (χ4n) is 1.14. The smallest absolute Gasteiger partial charge is 0.326 e. The average Bonchev–Trinajstić information content (AvgIpc) is 2.26. The largest absolute Gasteiger partial charge is 0.481 e. The average molecular weight is 293 g/mol. The van der Waals surface area contributed by atoms with Crippen LogP contribution < -0.4 is 5.32 Å². The normalized spacial score (nSPS) is 14.2. The van der Waals surface area contributed by atoms with Gasteiger partial charge in [0.15, 0.2) is 9.84 Å². The molecule has 2 atom stereocenters. The molecule has 0 radical (unpaired) electrons. The van der Waals surface area contributed by atoms with Gasteiger partial charge in [0.2, 0.25) is 5.91 Å². The predicted octanol–water partition coefficient (Wildman–Crippen LogP) is -0.980. The summed E-state index contributed by atoms with van der Waals surface area (Å²) in [7, 11) is -3.78. The van der Waals surface area contributed by atoms with Crippen molar-refractivity contribution in [1.29, 1.82) is 0 Å². The molecule has 0 aliphatic rings. The van der Waals surface area contributed by atoms with Crippen LogP contribution in [0.1, 0.15) is 13.3 Å². The zero-order valence-corrected chi connectivity index (χ0v) is 11.0. The third kappa shape index (κ3) is 5.51. The first-order valence-electron chi connectivity index (χ1n) is 5.19. The topological polar surface area (TPSA) is 138 Å². The number of sulfone groups is 1. The van der Waals surface area contributed by atoms with Crippen LogP contribution in [0.4, 0.5) is 0 Å². The van der Waals surface area contributed by atoms with Gasteiger partial charge < -0.3 is 15.5 Å². The Morgan fingerprint density at radius 3 is 2.21 bits per heavy atom. The van der Waals surface area contributed by atoms with Gasteiger partial charge in [0.1, 0.15) is 11.3 Å². The first kappa shape index (κ1) is 17.1. The monoisotopic (exact) mass is 293 g/mol. The van der Waals surface area contributed by atoms with Crippen molar-refractivity contribution in [2.24, 2.45) is 0 Å². The molecular weight excluding hydrogens is 278 g/mol. The van der Waals surface area contributed by atoms with Gasteiger partial charge in [-0.2, -0.15) is 0 Å². The zero-order chi connectivity index (χ0) is 15.2. The molecule has 8 nitrogen and oxygen atoms in total. The predicted molar refractivity (Wildman–Crippen MR) is 65.3 cm³/mol. The Hall–Kier alpha value is -1.90. The second-order valence-electron chi connectivity index (χ2n) is 3.76. The minimum absolute atomic E-state index is 0.432. The number of carboxylic acid groups (broad SMARTS) is 2. The van der Waals surface area contributed by atoms with Crippen molar-refractivity contribution in [3.05, 3.63) is 12.7 Å². The maximum absolute atomic E-state index is 11.6. The summed E-state index contributed by atoms with van der Waals surface area (Å²) in [4.78, 5) is 32.7. The van der Waals surface area contributed by atoms with Gasteiger partial charge in [0, 0.05) is 0 Å². The summed E-state index contributed by atoms with van der Waals surface area (Å²) < 4.78 is 23.1. The molecular formula is C10H15NO7S. The molecule has 0 fully saturated rings. The number of amides is 1. The van der Waals surface area contributed by atoms with E-state index in [1.54, 1.807) is 0 Å². The summed E-state index contributed by atoms with van der Waals surface area (Å²) in [5, 5.41) is 17.6. The Kier molecular flexibility index (Phi) is 6.19. The maximum atomic E-state index is 11.6. The van der Waals surface area contributed by atoms with Crippen molar-refractivity contribution < 1.29 is 33.0 Å². The molecule has 0 spiro atoms. The van der Waals surface area contributed by atoms with Crippen LogP contribution in [-0.2, 0) is 24.2 Å². The molecule has 0 aliphatic carbocycles. The van der Waals surface area contributed by atoms with Crippen molar-refractivity contribution in [3.8, 4) is 0 Å². The number of carbonyl (C=O) groups excluding carboxylic acids is 1. The van der Waals surface area contributed by atoms with Crippen LogP contribution in [0.5, 0.6) is 0 Å². The first-order valence-corrected chi connectivity index (χ1v) is 6.90. The van der Waals surface area contributed by atoms with Crippen LogP contribution in [0, 0.1) is 0 Å². The fraction of sp³-hybridized carbons (Fsp3) is 0.500. The third-order valence-corrected chi connectivity index (χ3v) is 4.24. The molecule has 1 amide bonds. The third-order valence-electron chi connectivity index (χ3n) is 2.25. The highest BCUT2D eigenvalue weighted by molar-refractivity contribution is 7.92. The molecule has 0 rings (SSSR count). The second-order valence-corrected chi connectivity index (χ2v) is 6.12. The van der Waals surface area contributed by atoms with E-state index >= 15 is 0 Å². The minimum atomic E-state index is -3.78. The molecule has 9 heteroatoms. The van der Waals surface area contributed by atoms with Crippen molar-refractivity contribution in [2.75, 3.05) is 5.75 Å². The van der Waals surface area contributed by atoms with E-state index in [-0.39, 0.29) is 0 Å². The number of hydrogen-bond donors (Lipinski definition) is 3. The standard InChI is InChI=1S/C10H15NO7S/c1-3-4-19(17,18)6(2)9(14)11-7(10(15)16)5-8(12)13/h3,6-7H,1,4-5H2,2H3,(H,11,14)(H,12,13)(H,15,16). The number of aliphatic carboxylic acids is 2. The summed E-state index contributed by atoms with van der Waals surface area (Å²) >= 11 is 0. The van der Waals surface area contributed by atoms with E-state index in [4.69, 9.17) is 10.2 Å². The van der Waals surface area contributed by atoms with Crippen LogP contribution in [0.15, 0.2) is 12.7 Å². The van der Waals surface area contributed by atoms with Gasteiger partial charge in [-0.3, -0.25) is 9.59 Å². The van der Waals surface area contributed by atoms with E-state index in [1.807, 2.05) is 5.32 Å². The molecule has 0 aromatic carbocycles. The molecule has 0 bridgehead atoms. The van der Waals surface area contributed by atoms with Gasteiger partial charge in [-0.05, 0) is 6.92 Å². The minimum Gasteiger partial charge on any atom is -0.481 e. The van der Waals surface area contributed by atoms with Crippen LogP contribution in [0.3, 0.4) is 0 Å². The van der Waals surface area contributed by atoms with Gasteiger partial charge in [-0.15, -0.1) is 6.58 Å². The van der Waals surface area contributed by atoms with Gasteiger partial charge in [-0.25, -0.2) is 13.2 Å². The van der Waals surface area contributed by atoms with Crippen LogP contribution >= 0.6 is 0 Å². The highest BCUT2D eigenvalue weighted by Crippen LogP contribution is 2.04. The molecule has 0 aliphatic heterocycles. The van der Waals surface area contributed by atoms with Crippen molar-refractivity contribution in [2.45, 2.75) is 24.6 Å². The van der Waals surface area contributed by atoms with E-state index in [1.165, 1.54) is 0 Å². The highest BCUT2D eigenvalue weighted by atomic mass is 32.2. The van der Waals surface area contributed by atoms with E-state index < -0.39 is 51.1 Å². The van der Waals surface area contributed by atoms with Gasteiger partial charge in [0.25, 0.3) is 0 Å². The number of carboxylic acids is 2. The number of carbonyl (C=O) groups is 3. The van der Waals surface area contributed by atoms with Crippen LogP contribution in [-0.4, -0.2) is 53.5 Å². The Balaban J connectivity index is 4.87. The number of rotatable bonds is 8. The molecule has 3 N–H and O–H groups in total. The molecule has 2 unspecified atom stereocenters. The molecule has 19 heavy (non-hydrogen) atoms. The summed E-state index contributed by atoms with van der Waals surface area (Å²) in [6.45, 7) is 4.32. The lowest BCUT2D eigenvalue weighted by Gasteiger charge is -2.16. The number of nitrogens with one attached hydrogen (secondary N) is 1. The summed E-state index contributed by atoms with van der Waals surface area (Å²) in [5.41, 5.74) is 0. The van der Waals surface area contributed by atoms with Crippen LogP contribution in [0.2, 0.25) is 0 Å². The van der Waals surface area contributed by atoms with Crippen molar-refractivity contribution >= 4 is 27.7 Å². The molecule has 0 saturated carbocycles. The summed E-state index contributed by atoms with van der Waals surface area (Å²) in [5.74, 6) is -4.47. The summed E-state index contributed by atoms with van der Waals surface area (Å²) in [6, 6.07) is -1.67. The first-order chi connectivity index (χ1) is 8.61. The van der Waals surface area contributed by atoms with Gasteiger partial charge in [0.05, 0.1) is 12.2 Å². The Morgan fingerprint density at radius 1 is 1.32 bits per heavy atom. The maximum Gasteiger partial charge on any atom is 0.326 e. The van der Waals surface area contributed by atoms with E-state index in [2.05, 4.69) is 6.58 Å². The summed E-state index contributed by atoms with van der Waals surface area (Å²) in [6.07, 6.45) is 0.264.